The number of rotatable bonds is 3. The van der Waals surface area contributed by atoms with Crippen molar-refractivity contribution in [3.63, 3.8) is 0 Å². The molecule has 5 nitrogen and oxygen atoms in total. The molecule has 74 valence electrons. The summed E-state index contributed by atoms with van der Waals surface area (Å²) in [6.07, 6.45) is 3.18. The van der Waals surface area contributed by atoms with E-state index in [0.717, 1.165) is 18.9 Å². The van der Waals surface area contributed by atoms with Gasteiger partial charge in [0.1, 0.15) is 0 Å². The van der Waals surface area contributed by atoms with Crippen LogP contribution in [0.3, 0.4) is 0 Å². The maximum Gasteiger partial charge on any atom is 0.399 e. The van der Waals surface area contributed by atoms with Crippen molar-refractivity contribution in [3.8, 4) is 5.75 Å². The molecule has 0 aliphatic heterocycles. The SMILES string of the molecule is O=[N+]([O-])c1ncc(OC2CC2)cc1F. The molecule has 1 saturated carbocycles. The minimum atomic E-state index is -0.965. The zero-order valence-electron chi connectivity index (χ0n) is 7.14. The van der Waals surface area contributed by atoms with Gasteiger partial charge in [-0.3, -0.25) is 0 Å². The first-order valence-corrected chi connectivity index (χ1v) is 4.13. The number of hydrogen-bond acceptors (Lipinski definition) is 4. The second-order valence-electron chi connectivity index (χ2n) is 3.05. The molecule has 1 fully saturated rings. The molecule has 0 unspecified atom stereocenters. The highest BCUT2D eigenvalue weighted by molar-refractivity contribution is 5.29. The topological polar surface area (TPSA) is 65.3 Å². The zero-order valence-corrected chi connectivity index (χ0v) is 7.14. The lowest BCUT2D eigenvalue weighted by atomic mass is 10.4. The number of nitro groups is 1. The molecule has 0 saturated heterocycles. The van der Waals surface area contributed by atoms with Gasteiger partial charge in [0.2, 0.25) is 5.82 Å². The van der Waals surface area contributed by atoms with Gasteiger partial charge in [-0.1, -0.05) is 0 Å². The lowest BCUT2D eigenvalue weighted by molar-refractivity contribution is -0.392. The minimum Gasteiger partial charge on any atom is -0.486 e. The van der Waals surface area contributed by atoms with Crippen LogP contribution in [0.2, 0.25) is 0 Å². The Kier molecular flexibility index (Phi) is 2.03. The molecule has 0 radical (unpaired) electrons. The molecule has 0 spiro atoms. The summed E-state index contributed by atoms with van der Waals surface area (Å²) in [5.41, 5.74) is 0. The van der Waals surface area contributed by atoms with E-state index in [1.165, 1.54) is 6.20 Å². The molecule has 0 amide bonds. The Bertz CT molecular complexity index is 379. The molecular formula is C8H7FN2O3. The van der Waals surface area contributed by atoms with Crippen LogP contribution in [0.4, 0.5) is 10.2 Å². The standard InChI is InChI=1S/C8H7FN2O3/c9-7-3-6(14-5-1-2-5)4-10-8(7)11(12)13/h3-5H,1-2H2. The van der Waals surface area contributed by atoms with Crippen molar-refractivity contribution in [2.24, 2.45) is 0 Å². The summed E-state index contributed by atoms with van der Waals surface area (Å²) in [6, 6.07) is 0.990. The highest BCUT2D eigenvalue weighted by atomic mass is 19.1. The Morgan fingerprint density at radius 3 is 2.86 bits per heavy atom. The minimum absolute atomic E-state index is 0.123. The predicted octanol–water partition coefficient (Wildman–Crippen LogP) is 1.67. The molecule has 1 aromatic heterocycles. The van der Waals surface area contributed by atoms with Gasteiger partial charge in [0.05, 0.1) is 6.10 Å². The lowest BCUT2D eigenvalue weighted by Gasteiger charge is -2.01. The van der Waals surface area contributed by atoms with Crippen LogP contribution in [0.25, 0.3) is 0 Å². The second kappa shape index (κ2) is 3.21. The summed E-state index contributed by atoms with van der Waals surface area (Å²) < 4.78 is 18.2. The van der Waals surface area contributed by atoms with Crippen molar-refractivity contribution in [2.75, 3.05) is 0 Å². The van der Waals surface area contributed by atoms with Gasteiger partial charge in [0, 0.05) is 6.07 Å². The van der Waals surface area contributed by atoms with E-state index in [-0.39, 0.29) is 11.9 Å². The fourth-order valence-electron chi connectivity index (χ4n) is 0.990. The summed E-state index contributed by atoms with van der Waals surface area (Å²) in [7, 11) is 0. The number of ether oxygens (including phenoxy) is 1. The monoisotopic (exact) mass is 198 g/mol. The Labute approximate surface area is 78.7 Å². The number of aromatic nitrogens is 1. The van der Waals surface area contributed by atoms with Crippen molar-refractivity contribution < 1.29 is 14.1 Å². The average molecular weight is 198 g/mol. The van der Waals surface area contributed by atoms with Crippen LogP contribution < -0.4 is 4.74 Å². The molecular weight excluding hydrogens is 191 g/mol. The molecule has 1 heterocycles. The van der Waals surface area contributed by atoms with Crippen LogP contribution >= 0.6 is 0 Å². The van der Waals surface area contributed by atoms with Crippen molar-refractivity contribution in [2.45, 2.75) is 18.9 Å². The molecule has 0 atom stereocenters. The van der Waals surface area contributed by atoms with E-state index in [1.54, 1.807) is 0 Å². The van der Waals surface area contributed by atoms with Gasteiger partial charge in [-0.15, -0.1) is 0 Å². The van der Waals surface area contributed by atoms with Gasteiger partial charge in [-0.05, 0) is 22.7 Å². The lowest BCUT2D eigenvalue weighted by Crippen LogP contribution is -2.00. The quantitative estimate of drug-likeness (QED) is 0.547. The normalized spacial score (nSPS) is 15.2. The second-order valence-corrected chi connectivity index (χ2v) is 3.05. The molecule has 6 heteroatoms. The molecule has 0 aromatic carbocycles. The largest absolute Gasteiger partial charge is 0.486 e. The summed E-state index contributed by atoms with van der Waals surface area (Å²) >= 11 is 0. The maximum absolute atomic E-state index is 13.0. The van der Waals surface area contributed by atoms with E-state index in [0.29, 0.717) is 0 Å². The highest BCUT2D eigenvalue weighted by Crippen LogP contribution is 2.27. The van der Waals surface area contributed by atoms with E-state index in [1.807, 2.05) is 0 Å². The smallest absolute Gasteiger partial charge is 0.399 e. The van der Waals surface area contributed by atoms with Crippen LogP contribution in [0.5, 0.6) is 5.75 Å². The Morgan fingerprint density at radius 2 is 2.36 bits per heavy atom. The molecule has 0 N–H and O–H groups in total. The highest BCUT2D eigenvalue weighted by Gasteiger charge is 2.25. The summed E-state index contributed by atoms with van der Waals surface area (Å²) in [4.78, 5) is 12.7. The van der Waals surface area contributed by atoms with E-state index in [9.17, 15) is 14.5 Å². The van der Waals surface area contributed by atoms with Gasteiger partial charge >= 0.3 is 5.82 Å². The Morgan fingerprint density at radius 1 is 1.64 bits per heavy atom. The summed E-state index contributed by atoms with van der Waals surface area (Å²) in [6.45, 7) is 0. The third-order valence-corrected chi connectivity index (χ3v) is 1.80. The van der Waals surface area contributed by atoms with Crippen molar-refractivity contribution in [3.05, 3.63) is 28.2 Å². The van der Waals surface area contributed by atoms with Gasteiger partial charge in [-0.25, -0.2) is 0 Å². The predicted molar refractivity (Wildman–Crippen MR) is 44.5 cm³/mol. The van der Waals surface area contributed by atoms with E-state index < -0.39 is 16.6 Å². The van der Waals surface area contributed by atoms with E-state index >= 15 is 0 Å². The maximum atomic E-state index is 13.0. The molecule has 1 aliphatic carbocycles. The van der Waals surface area contributed by atoms with Crippen molar-refractivity contribution >= 4 is 5.82 Å². The molecule has 1 aromatic rings. The van der Waals surface area contributed by atoms with Gasteiger partial charge in [-0.2, -0.15) is 4.39 Å². The zero-order chi connectivity index (χ0) is 10.1. The third kappa shape index (κ3) is 1.78. The van der Waals surface area contributed by atoms with Gasteiger partial charge in [0.15, 0.2) is 11.9 Å². The Hall–Kier alpha value is -1.72. The molecule has 0 bridgehead atoms. The number of nitrogens with zero attached hydrogens (tertiary/aromatic N) is 2. The fraction of sp³-hybridized carbons (Fsp3) is 0.375. The summed E-state index contributed by atoms with van der Waals surface area (Å²) in [5, 5.41) is 10.2. The van der Waals surface area contributed by atoms with Crippen LogP contribution in [0.1, 0.15) is 12.8 Å². The average Bonchev–Trinajstić information content (AvgIpc) is 2.87. The van der Waals surface area contributed by atoms with Crippen LogP contribution in [0, 0.1) is 15.9 Å². The van der Waals surface area contributed by atoms with E-state index in [4.69, 9.17) is 4.74 Å². The Balaban J connectivity index is 2.20. The van der Waals surface area contributed by atoms with Crippen molar-refractivity contribution in [1.82, 2.24) is 4.98 Å². The number of hydrogen-bond donors (Lipinski definition) is 0. The van der Waals surface area contributed by atoms with E-state index in [2.05, 4.69) is 4.98 Å². The van der Waals surface area contributed by atoms with Gasteiger partial charge < -0.3 is 14.9 Å². The van der Waals surface area contributed by atoms with Crippen LogP contribution in [0.15, 0.2) is 12.3 Å². The molecule has 2 rings (SSSR count). The fourth-order valence-corrected chi connectivity index (χ4v) is 0.990. The molecule has 14 heavy (non-hydrogen) atoms. The first kappa shape index (κ1) is 8.86. The van der Waals surface area contributed by atoms with Crippen molar-refractivity contribution in [1.29, 1.82) is 0 Å². The first-order valence-electron chi connectivity index (χ1n) is 4.13. The van der Waals surface area contributed by atoms with Crippen LogP contribution in [-0.4, -0.2) is 16.0 Å². The summed E-state index contributed by atoms with van der Waals surface area (Å²) in [5.74, 6) is -1.49. The number of pyridine rings is 1. The van der Waals surface area contributed by atoms with Gasteiger partial charge in [0.25, 0.3) is 0 Å². The first-order chi connectivity index (χ1) is 6.66. The third-order valence-electron chi connectivity index (χ3n) is 1.80. The molecule has 1 aliphatic rings. The number of halogens is 1. The van der Waals surface area contributed by atoms with Crippen LogP contribution in [-0.2, 0) is 0 Å².